The molecule has 6 nitrogen and oxygen atoms in total. The van der Waals surface area contributed by atoms with Gasteiger partial charge < -0.3 is 25.2 Å². The summed E-state index contributed by atoms with van der Waals surface area (Å²) >= 11 is 0. The topological polar surface area (TPSA) is 75.1 Å². The number of nitrogens with zero attached hydrogens (tertiary/aromatic N) is 1. The molecule has 1 saturated carbocycles. The Morgan fingerprint density at radius 1 is 1.18 bits per heavy atom. The monoisotopic (exact) mass is 391 g/mol. The summed E-state index contributed by atoms with van der Waals surface area (Å²) in [5.41, 5.74) is 1.60. The highest BCUT2D eigenvalue weighted by molar-refractivity contribution is 5.79. The molecule has 158 valence electrons. The third-order valence-corrected chi connectivity index (χ3v) is 5.09. The van der Waals surface area contributed by atoms with E-state index in [0.29, 0.717) is 26.3 Å². The second-order valence-electron chi connectivity index (χ2n) is 7.64. The van der Waals surface area contributed by atoms with Crippen LogP contribution in [0.3, 0.4) is 0 Å². The number of rotatable bonds is 10. The molecular weight excluding hydrogens is 354 g/mol. The highest BCUT2D eigenvalue weighted by Crippen LogP contribution is 2.27. The van der Waals surface area contributed by atoms with E-state index in [-0.39, 0.29) is 0 Å². The predicted octanol–water partition coefficient (Wildman–Crippen LogP) is 3.16. The van der Waals surface area contributed by atoms with Gasteiger partial charge in [0.2, 0.25) is 0 Å². The van der Waals surface area contributed by atoms with Crippen molar-refractivity contribution >= 4 is 5.96 Å². The van der Waals surface area contributed by atoms with Crippen LogP contribution in [0.1, 0.15) is 56.6 Å². The Kier molecular flexibility index (Phi) is 9.58. The van der Waals surface area contributed by atoms with E-state index in [2.05, 4.69) is 35.8 Å². The van der Waals surface area contributed by atoms with Crippen LogP contribution >= 0.6 is 0 Å². The number of guanidine groups is 1. The normalized spacial score (nSPS) is 16.6. The minimum Gasteiger partial charge on any atom is -0.493 e. The molecule has 1 fully saturated rings. The van der Waals surface area contributed by atoms with Gasteiger partial charge in [-0.1, -0.05) is 31.4 Å². The van der Waals surface area contributed by atoms with E-state index < -0.39 is 5.60 Å². The first kappa shape index (κ1) is 22.5. The second-order valence-corrected chi connectivity index (χ2v) is 7.64. The highest BCUT2D eigenvalue weighted by atomic mass is 16.5. The Bertz CT molecular complexity index is 613. The molecule has 0 amide bonds. The molecule has 0 heterocycles. The molecule has 0 saturated heterocycles. The fourth-order valence-corrected chi connectivity index (χ4v) is 3.45. The largest absolute Gasteiger partial charge is 0.493 e. The van der Waals surface area contributed by atoms with Crippen molar-refractivity contribution in [3.63, 3.8) is 0 Å². The standard InChI is InChI=1S/C22H37N3O3/c1-4-23-21(25-17-22(26)11-6-5-7-12-22)24-16-19-10-9-18(2)15-20(19)28-14-8-13-27-3/h9-10,15,26H,4-8,11-14,16-17H2,1-3H3,(H2,23,24,25). The number of aliphatic hydroxyl groups is 1. The fraction of sp³-hybridized carbons (Fsp3) is 0.682. The van der Waals surface area contributed by atoms with Crippen LogP contribution in [0.4, 0.5) is 0 Å². The molecule has 3 N–H and O–H groups in total. The summed E-state index contributed by atoms with van der Waals surface area (Å²) in [6.45, 7) is 7.25. The van der Waals surface area contributed by atoms with E-state index in [1.54, 1.807) is 7.11 Å². The van der Waals surface area contributed by atoms with Gasteiger partial charge in [0.15, 0.2) is 5.96 Å². The van der Waals surface area contributed by atoms with Crippen molar-refractivity contribution in [3.8, 4) is 5.75 Å². The van der Waals surface area contributed by atoms with Gasteiger partial charge in [-0.25, -0.2) is 4.99 Å². The second kappa shape index (κ2) is 11.9. The summed E-state index contributed by atoms with van der Waals surface area (Å²) < 4.78 is 11.0. The van der Waals surface area contributed by atoms with Crippen LogP contribution in [0.2, 0.25) is 0 Å². The number of ether oxygens (including phenoxy) is 2. The minimum absolute atomic E-state index is 0.521. The van der Waals surface area contributed by atoms with Crippen molar-refractivity contribution in [2.24, 2.45) is 4.99 Å². The molecule has 6 heteroatoms. The zero-order valence-electron chi connectivity index (χ0n) is 17.7. The van der Waals surface area contributed by atoms with Gasteiger partial charge in [-0.05, 0) is 38.3 Å². The predicted molar refractivity (Wildman–Crippen MR) is 114 cm³/mol. The molecule has 1 aliphatic rings. The first-order chi connectivity index (χ1) is 13.6. The molecule has 0 unspecified atom stereocenters. The summed E-state index contributed by atoms with van der Waals surface area (Å²) in [7, 11) is 1.70. The number of hydrogen-bond donors (Lipinski definition) is 3. The van der Waals surface area contributed by atoms with E-state index in [1.807, 2.05) is 6.92 Å². The molecular formula is C22H37N3O3. The lowest BCUT2D eigenvalue weighted by Gasteiger charge is -2.32. The Hall–Kier alpha value is -1.79. The minimum atomic E-state index is -0.617. The fourth-order valence-electron chi connectivity index (χ4n) is 3.45. The van der Waals surface area contributed by atoms with E-state index in [1.165, 1.54) is 12.0 Å². The Labute approximate surface area is 169 Å². The maximum Gasteiger partial charge on any atom is 0.191 e. The molecule has 1 aromatic rings. The first-order valence-electron chi connectivity index (χ1n) is 10.5. The Morgan fingerprint density at radius 2 is 1.96 bits per heavy atom. The number of aryl methyl sites for hydroxylation is 1. The quantitative estimate of drug-likeness (QED) is 0.325. The Morgan fingerprint density at radius 3 is 2.68 bits per heavy atom. The van der Waals surface area contributed by atoms with Crippen LogP contribution in [0.5, 0.6) is 5.75 Å². The van der Waals surface area contributed by atoms with Crippen molar-refractivity contribution in [2.45, 2.75) is 64.5 Å². The average Bonchev–Trinajstić information content (AvgIpc) is 2.69. The van der Waals surface area contributed by atoms with Gasteiger partial charge in [0.05, 0.1) is 18.8 Å². The van der Waals surface area contributed by atoms with Gasteiger partial charge in [0.1, 0.15) is 5.75 Å². The summed E-state index contributed by atoms with van der Waals surface area (Å²) in [5, 5.41) is 17.3. The van der Waals surface area contributed by atoms with E-state index in [4.69, 9.17) is 14.5 Å². The van der Waals surface area contributed by atoms with Crippen LogP contribution < -0.4 is 15.4 Å². The van der Waals surface area contributed by atoms with Crippen LogP contribution in [0.15, 0.2) is 23.2 Å². The van der Waals surface area contributed by atoms with E-state index in [0.717, 1.165) is 55.9 Å². The summed E-state index contributed by atoms with van der Waals surface area (Å²) in [4.78, 5) is 4.71. The third-order valence-electron chi connectivity index (χ3n) is 5.09. The van der Waals surface area contributed by atoms with Gasteiger partial charge in [0, 0.05) is 38.8 Å². The lowest BCUT2D eigenvalue weighted by molar-refractivity contribution is 0.00859. The number of benzene rings is 1. The third kappa shape index (κ3) is 7.68. The number of nitrogens with one attached hydrogen (secondary N) is 2. The summed E-state index contributed by atoms with van der Waals surface area (Å²) in [5.74, 6) is 1.61. The molecule has 0 bridgehead atoms. The van der Waals surface area contributed by atoms with Gasteiger partial charge in [-0.15, -0.1) is 0 Å². The Balaban J connectivity index is 1.98. The molecule has 28 heavy (non-hydrogen) atoms. The lowest BCUT2D eigenvalue weighted by Crippen LogP contribution is -2.48. The summed E-state index contributed by atoms with van der Waals surface area (Å²) in [6, 6.07) is 6.21. The molecule has 0 atom stereocenters. The van der Waals surface area contributed by atoms with Gasteiger partial charge >= 0.3 is 0 Å². The van der Waals surface area contributed by atoms with Crippen molar-refractivity contribution in [1.29, 1.82) is 0 Å². The molecule has 1 aromatic carbocycles. The zero-order chi connectivity index (χ0) is 20.2. The SMILES string of the molecule is CCNC(=NCc1ccc(C)cc1OCCCOC)NCC1(O)CCCCC1. The van der Waals surface area contributed by atoms with Crippen LogP contribution in [0.25, 0.3) is 0 Å². The van der Waals surface area contributed by atoms with Crippen LogP contribution in [-0.2, 0) is 11.3 Å². The van der Waals surface area contributed by atoms with Gasteiger partial charge in [-0.2, -0.15) is 0 Å². The van der Waals surface area contributed by atoms with E-state index in [9.17, 15) is 5.11 Å². The zero-order valence-corrected chi connectivity index (χ0v) is 17.7. The first-order valence-corrected chi connectivity index (χ1v) is 10.5. The molecule has 0 spiro atoms. The van der Waals surface area contributed by atoms with Crippen LogP contribution in [-0.4, -0.2) is 50.1 Å². The summed E-state index contributed by atoms with van der Waals surface area (Å²) in [6.07, 6.45) is 5.98. The van der Waals surface area contributed by atoms with Crippen LogP contribution in [0, 0.1) is 6.92 Å². The maximum atomic E-state index is 10.7. The molecule has 0 aromatic heterocycles. The number of hydrogen-bond acceptors (Lipinski definition) is 4. The van der Waals surface area contributed by atoms with Gasteiger partial charge in [-0.3, -0.25) is 0 Å². The number of aliphatic imine (C=N–C) groups is 1. The molecule has 0 aliphatic heterocycles. The highest BCUT2D eigenvalue weighted by Gasteiger charge is 2.29. The van der Waals surface area contributed by atoms with Crippen molar-refractivity contribution in [3.05, 3.63) is 29.3 Å². The maximum absolute atomic E-state index is 10.7. The molecule has 0 radical (unpaired) electrons. The van der Waals surface area contributed by atoms with E-state index >= 15 is 0 Å². The number of methoxy groups -OCH3 is 1. The van der Waals surface area contributed by atoms with Crippen molar-refractivity contribution in [1.82, 2.24) is 10.6 Å². The van der Waals surface area contributed by atoms with Crippen molar-refractivity contribution in [2.75, 3.05) is 33.4 Å². The smallest absolute Gasteiger partial charge is 0.191 e. The van der Waals surface area contributed by atoms with Gasteiger partial charge in [0.25, 0.3) is 0 Å². The lowest BCUT2D eigenvalue weighted by atomic mass is 9.85. The molecule has 1 aliphatic carbocycles. The van der Waals surface area contributed by atoms with Crippen molar-refractivity contribution < 1.29 is 14.6 Å². The average molecular weight is 392 g/mol. The molecule has 2 rings (SSSR count).